The molecule has 2 nitrogen and oxygen atoms in total. The molecule has 0 aliphatic rings. The van der Waals surface area contributed by atoms with Gasteiger partial charge in [0.2, 0.25) is 0 Å². The SMILES string of the molecule is CC(NCc1cccs1)c1ccc(OC(F)F)cc1. The van der Waals surface area contributed by atoms with Crippen LogP contribution in [0.25, 0.3) is 0 Å². The number of halogens is 2. The van der Waals surface area contributed by atoms with Crippen molar-refractivity contribution in [2.75, 3.05) is 0 Å². The fourth-order valence-electron chi connectivity index (χ4n) is 1.72. The molecule has 0 aliphatic heterocycles. The number of rotatable bonds is 6. The summed E-state index contributed by atoms with van der Waals surface area (Å²) in [7, 11) is 0. The van der Waals surface area contributed by atoms with E-state index >= 15 is 0 Å². The van der Waals surface area contributed by atoms with Crippen molar-refractivity contribution in [3.63, 3.8) is 0 Å². The van der Waals surface area contributed by atoms with Gasteiger partial charge in [-0.05, 0) is 36.1 Å². The van der Waals surface area contributed by atoms with Gasteiger partial charge in [0.1, 0.15) is 5.75 Å². The Bertz CT molecular complexity index is 485. The molecule has 0 saturated heterocycles. The minimum atomic E-state index is -2.78. The Morgan fingerprint density at radius 1 is 1.21 bits per heavy atom. The fraction of sp³-hybridized carbons (Fsp3) is 0.286. The van der Waals surface area contributed by atoms with Crippen molar-refractivity contribution in [3.05, 3.63) is 52.2 Å². The second-order valence-electron chi connectivity index (χ2n) is 4.13. The molecule has 0 aliphatic carbocycles. The van der Waals surface area contributed by atoms with Crippen LogP contribution in [0.2, 0.25) is 0 Å². The topological polar surface area (TPSA) is 21.3 Å². The number of hydrogen-bond donors (Lipinski definition) is 1. The lowest BCUT2D eigenvalue weighted by atomic mass is 10.1. The summed E-state index contributed by atoms with van der Waals surface area (Å²) >= 11 is 1.70. The molecule has 0 saturated carbocycles. The molecule has 1 aromatic heterocycles. The van der Waals surface area contributed by atoms with Gasteiger partial charge >= 0.3 is 6.61 Å². The van der Waals surface area contributed by atoms with Gasteiger partial charge in [0.05, 0.1) is 0 Å². The van der Waals surface area contributed by atoms with Crippen LogP contribution < -0.4 is 10.1 Å². The van der Waals surface area contributed by atoms with E-state index in [1.165, 1.54) is 4.88 Å². The molecule has 1 N–H and O–H groups in total. The van der Waals surface area contributed by atoms with E-state index in [9.17, 15) is 8.78 Å². The summed E-state index contributed by atoms with van der Waals surface area (Å²) in [4.78, 5) is 1.27. The molecule has 0 amide bonds. The molecule has 102 valence electrons. The van der Waals surface area contributed by atoms with Gasteiger partial charge in [-0.1, -0.05) is 18.2 Å². The van der Waals surface area contributed by atoms with Crippen LogP contribution in [0, 0.1) is 0 Å². The summed E-state index contributed by atoms with van der Waals surface area (Å²) in [5.41, 5.74) is 1.04. The van der Waals surface area contributed by atoms with E-state index in [-0.39, 0.29) is 11.8 Å². The van der Waals surface area contributed by atoms with Crippen LogP contribution in [-0.2, 0) is 6.54 Å². The van der Waals surface area contributed by atoms with Crippen LogP contribution in [0.15, 0.2) is 41.8 Å². The molecule has 0 fully saturated rings. The maximum absolute atomic E-state index is 12.0. The van der Waals surface area contributed by atoms with Gasteiger partial charge in [0.25, 0.3) is 0 Å². The first-order valence-electron chi connectivity index (χ1n) is 5.95. The zero-order valence-electron chi connectivity index (χ0n) is 10.5. The van der Waals surface area contributed by atoms with E-state index < -0.39 is 6.61 Å². The van der Waals surface area contributed by atoms with Gasteiger partial charge in [-0.2, -0.15) is 8.78 Å². The molecule has 0 bridgehead atoms. The fourth-order valence-corrected chi connectivity index (χ4v) is 2.38. The van der Waals surface area contributed by atoms with E-state index in [0.29, 0.717) is 0 Å². The monoisotopic (exact) mass is 283 g/mol. The Morgan fingerprint density at radius 2 is 1.95 bits per heavy atom. The molecule has 1 unspecified atom stereocenters. The summed E-state index contributed by atoms with van der Waals surface area (Å²) < 4.78 is 28.4. The highest BCUT2D eigenvalue weighted by Crippen LogP contribution is 2.19. The smallest absolute Gasteiger partial charge is 0.387 e. The third-order valence-corrected chi connectivity index (χ3v) is 3.64. The van der Waals surface area contributed by atoms with Crippen molar-refractivity contribution in [1.29, 1.82) is 0 Å². The summed E-state index contributed by atoms with van der Waals surface area (Å²) in [6, 6.07) is 11.0. The van der Waals surface area contributed by atoms with Crippen molar-refractivity contribution in [1.82, 2.24) is 5.32 Å². The average molecular weight is 283 g/mol. The summed E-state index contributed by atoms with van der Waals surface area (Å²) in [5, 5.41) is 5.42. The van der Waals surface area contributed by atoms with Crippen LogP contribution >= 0.6 is 11.3 Å². The van der Waals surface area contributed by atoms with Crippen LogP contribution in [0.1, 0.15) is 23.4 Å². The number of thiophene rings is 1. The molecular weight excluding hydrogens is 268 g/mol. The maximum atomic E-state index is 12.0. The maximum Gasteiger partial charge on any atom is 0.387 e. The highest BCUT2D eigenvalue weighted by Gasteiger charge is 2.07. The van der Waals surface area contributed by atoms with Crippen molar-refractivity contribution >= 4 is 11.3 Å². The number of alkyl halides is 2. The molecule has 1 atom stereocenters. The standard InChI is InChI=1S/C14H15F2NOS/c1-10(17-9-13-3-2-8-19-13)11-4-6-12(7-5-11)18-14(15)16/h2-8,10,14,17H,9H2,1H3. The number of hydrogen-bond acceptors (Lipinski definition) is 3. The molecule has 2 rings (SSSR count). The predicted octanol–water partition coefficient (Wildman–Crippen LogP) is 4.20. The Hall–Kier alpha value is -1.46. The zero-order chi connectivity index (χ0) is 13.7. The normalized spacial score (nSPS) is 12.6. The third kappa shape index (κ3) is 4.29. The number of ether oxygens (including phenoxy) is 1. The lowest BCUT2D eigenvalue weighted by Gasteiger charge is -2.14. The van der Waals surface area contributed by atoms with Crippen LogP contribution in [0.4, 0.5) is 8.78 Å². The van der Waals surface area contributed by atoms with Crippen molar-refractivity contribution in [3.8, 4) is 5.75 Å². The number of nitrogens with one attached hydrogen (secondary N) is 1. The van der Waals surface area contributed by atoms with Gasteiger partial charge in [0, 0.05) is 17.5 Å². The third-order valence-electron chi connectivity index (χ3n) is 2.77. The van der Waals surface area contributed by atoms with E-state index in [1.54, 1.807) is 35.6 Å². The number of benzene rings is 1. The second-order valence-corrected chi connectivity index (χ2v) is 5.16. The molecule has 0 radical (unpaired) electrons. The highest BCUT2D eigenvalue weighted by molar-refractivity contribution is 7.09. The molecule has 1 aromatic carbocycles. The minimum Gasteiger partial charge on any atom is -0.435 e. The van der Waals surface area contributed by atoms with E-state index in [0.717, 1.165) is 12.1 Å². The van der Waals surface area contributed by atoms with Crippen molar-refractivity contribution < 1.29 is 13.5 Å². The highest BCUT2D eigenvalue weighted by atomic mass is 32.1. The first-order chi connectivity index (χ1) is 9.15. The Kier molecular flexibility index (Phi) is 4.87. The average Bonchev–Trinajstić information content (AvgIpc) is 2.89. The van der Waals surface area contributed by atoms with Gasteiger partial charge in [-0.25, -0.2) is 0 Å². The van der Waals surface area contributed by atoms with Crippen molar-refractivity contribution in [2.24, 2.45) is 0 Å². The quantitative estimate of drug-likeness (QED) is 0.858. The minimum absolute atomic E-state index is 0.155. The van der Waals surface area contributed by atoms with Crippen molar-refractivity contribution in [2.45, 2.75) is 26.1 Å². The van der Waals surface area contributed by atoms with E-state index in [4.69, 9.17) is 0 Å². The zero-order valence-corrected chi connectivity index (χ0v) is 11.3. The molecule has 2 aromatic rings. The largest absolute Gasteiger partial charge is 0.435 e. The molecule has 19 heavy (non-hydrogen) atoms. The van der Waals surface area contributed by atoms with Gasteiger partial charge in [0.15, 0.2) is 0 Å². The molecule has 1 heterocycles. The van der Waals surface area contributed by atoms with Gasteiger partial charge in [-0.3, -0.25) is 0 Å². The summed E-state index contributed by atoms with van der Waals surface area (Å²) in [6.07, 6.45) is 0. The first-order valence-corrected chi connectivity index (χ1v) is 6.83. The summed E-state index contributed by atoms with van der Waals surface area (Å²) in [6.45, 7) is 0.0604. The van der Waals surface area contributed by atoms with E-state index in [1.807, 2.05) is 18.4 Å². The van der Waals surface area contributed by atoms with Crippen LogP contribution in [0.3, 0.4) is 0 Å². The lowest BCUT2D eigenvalue weighted by molar-refractivity contribution is -0.0498. The first kappa shape index (κ1) is 14.0. The lowest BCUT2D eigenvalue weighted by Crippen LogP contribution is -2.17. The predicted molar refractivity (Wildman–Crippen MR) is 72.6 cm³/mol. The van der Waals surface area contributed by atoms with Crippen LogP contribution in [0.5, 0.6) is 5.75 Å². The summed E-state index contributed by atoms with van der Waals surface area (Å²) in [5.74, 6) is 0.184. The molecule has 5 heteroatoms. The van der Waals surface area contributed by atoms with E-state index in [2.05, 4.69) is 16.1 Å². The van der Waals surface area contributed by atoms with Crippen LogP contribution in [-0.4, -0.2) is 6.61 Å². The van der Waals surface area contributed by atoms with Gasteiger partial charge < -0.3 is 10.1 Å². The molecular formula is C14H15F2NOS. The second kappa shape index (κ2) is 6.63. The Morgan fingerprint density at radius 3 is 2.53 bits per heavy atom. The van der Waals surface area contributed by atoms with Gasteiger partial charge in [-0.15, -0.1) is 11.3 Å². The Labute approximate surface area is 115 Å². The molecule has 0 spiro atoms. The Balaban J connectivity index is 1.90.